The minimum Gasteiger partial charge on any atom is -0.495 e. The Morgan fingerprint density at radius 3 is 2.71 bits per heavy atom. The van der Waals surface area contributed by atoms with E-state index in [1.165, 1.54) is 0 Å². The SMILES string of the molecule is CCc1nc(-c2ccc(OC)c(N)c2)c(C)[nH]1. The highest BCUT2D eigenvalue weighted by atomic mass is 16.5. The third-order valence-electron chi connectivity index (χ3n) is 2.77. The van der Waals surface area contributed by atoms with Gasteiger partial charge in [-0.1, -0.05) is 6.92 Å². The number of benzene rings is 1. The molecule has 0 atom stereocenters. The van der Waals surface area contributed by atoms with Crippen molar-refractivity contribution in [3.63, 3.8) is 0 Å². The fraction of sp³-hybridized carbons (Fsp3) is 0.308. The zero-order chi connectivity index (χ0) is 12.4. The van der Waals surface area contributed by atoms with Crippen molar-refractivity contribution < 1.29 is 4.74 Å². The van der Waals surface area contributed by atoms with Crippen LogP contribution in [-0.2, 0) is 6.42 Å². The van der Waals surface area contributed by atoms with Gasteiger partial charge >= 0.3 is 0 Å². The lowest BCUT2D eigenvalue weighted by Gasteiger charge is -2.06. The number of hydrogen-bond donors (Lipinski definition) is 2. The number of aromatic nitrogens is 2. The van der Waals surface area contributed by atoms with Gasteiger partial charge in [0.05, 0.1) is 18.5 Å². The van der Waals surface area contributed by atoms with Crippen molar-refractivity contribution in [1.82, 2.24) is 9.97 Å². The number of rotatable bonds is 3. The molecule has 17 heavy (non-hydrogen) atoms. The first-order chi connectivity index (χ1) is 8.15. The molecule has 0 radical (unpaired) electrons. The average Bonchev–Trinajstić information content (AvgIpc) is 2.70. The summed E-state index contributed by atoms with van der Waals surface area (Å²) in [6.07, 6.45) is 0.895. The fourth-order valence-electron chi connectivity index (χ4n) is 1.85. The second-order valence-corrected chi connectivity index (χ2v) is 3.97. The molecule has 0 unspecified atom stereocenters. The molecule has 4 nitrogen and oxygen atoms in total. The number of anilines is 1. The van der Waals surface area contributed by atoms with Crippen molar-refractivity contribution >= 4 is 5.69 Å². The molecule has 0 spiro atoms. The molecule has 1 aromatic carbocycles. The van der Waals surface area contributed by atoms with Crippen molar-refractivity contribution in [3.05, 3.63) is 29.7 Å². The van der Waals surface area contributed by atoms with Crippen LogP contribution in [0.15, 0.2) is 18.2 Å². The smallest absolute Gasteiger partial charge is 0.141 e. The van der Waals surface area contributed by atoms with Crippen LogP contribution in [0.2, 0.25) is 0 Å². The van der Waals surface area contributed by atoms with Gasteiger partial charge in [0.1, 0.15) is 11.6 Å². The molecule has 0 aliphatic rings. The van der Waals surface area contributed by atoms with E-state index in [1.54, 1.807) is 7.11 Å². The van der Waals surface area contributed by atoms with Gasteiger partial charge in [-0.15, -0.1) is 0 Å². The lowest BCUT2D eigenvalue weighted by molar-refractivity contribution is 0.417. The van der Waals surface area contributed by atoms with E-state index in [1.807, 2.05) is 25.1 Å². The minimum absolute atomic E-state index is 0.630. The third-order valence-corrected chi connectivity index (χ3v) is 2.77. The van der Waals surface area contributed by atoms with E-state index in [9.17, 15) is 0 Å². The molecular formula is C13H17N3O. The van der Waals surface area contributed by atoms with Gasteiger partial charge in [0, 0.05) is 17.7 Å². The molecule has 90 valence electrons. The van der Waals surface area contributed by atoms with Crippen LogP contribution < -0.4 is 10.5 Å². The maximum Gasteiger partial charge on any atom is 0.141 e. The predicted molar refractivity (Wildman–Crippen MR) is 69.1 cm³/mol. The summed E-state index contributed by atoms with van der Waals surface area (Å²) in [7, 11) is 1.61. The van der Waals surface area contributed by atoms with E-state index >= 15 is 0 Å². The van der Waals surface area contributed by atoms with Crippen LogP contribution in [0.1, 0.15) is 18.4 Å². The molecule has 2 rings (SSSR count). The summed E-state index contributed by atoms with van der Waals surface area (Å²) in [6.45, 7) is 4.09. The fourth-order valence-corrected chi connectivity index (χ4v) is 1.85. The van der Waals surface area contributed by atoms with Gasteiger partial charge in [0.15, 0.2) is 0 Å². The molecule has 0 saturated heterocycles. The van der Waals surface area contributed by atoms with Gasteiger partial charge in [0.25, 0.3) is 0 Å². The van der Waals surface area contributed by atoms with Gasteiger partial charge in [-0.3, -0.25) is 0 Å². The normalized spacial score (nSPS) is 10.5. The molecule has 0 fully saturated rings. The standard InChI is InChI=1S/C13H17N3O/c1-4-12-15-8(2)13(16-12)9-5-6-11(17-3)10(14)7-9/h5-7H,4,14H2,1-3H3,(H,15,16). The Hall–Kier alpha value is -1.97. The summed E-state index contributed by atoms with van der Waals surface area (Å²) in [5.74, 6) is 1.68. The molecule has 2 aromatic rings. The highest BCUT2D eigenvalue weighted by Crippen LogP contribution is 2.29. The van der Waals surface area contributed by atoms with Crippen molar-refractivity contribution in [2.75, 3.05) is 12.8 Å². The Bertz CT molecular complexity index is 531. The Balaban J connectivity index is 2.45. The lowest BCUT2D eigenvalue weighted by atomic mass is 10.1. The molecule has 3 N–H and O–H groups in total. The quantitative estimate of drug-likeness (QED) is 0.798. The lowest BCUT2D eigenvalue weighted by Crippen LogP contribution is -1.93. The van der Waals surface area contributed by atoms with Gasteiger partial charge in [-0.2, -0.15) is 0 Å². The second kappa shape index (κ2) is 4.49. The predicted octanol–water partition coefficient (Wildman–Crippen LogP) is 2.54. The highest BCUT2D eigenvalue weighted by Gasteiger charge is 2.09. The number of aryl methyl sites for hydroxylation is 2. The zero-order valence-electron chi connectivity index (χ0n) is 10.4. The van der Waals surface area contributed by atoms with E-state index in [0.29, 0.717) is 11.4 Å². The van der Waals surface area contributed by atoms with Crippen molar-refractivity contribution in [2.45, 2.75) is 20.3 Å². The number of nitrogens with zero attached hydrogens (tertiary/aromatic N) is 1. The first-order valence-electron chi connectivity index (χ1n) is 5.65. The van der Waals surface area contributed by atoms with Crippen LogP contribution >= 0.6 is 0 Å². The third kappa shape index (κ3) is 2.11. The Labute approximate surface area is 101 Å². The minimum atomic E-state index is 0.630. The average molecular weight is 231 g/mol. The summed E-state index contributed by atoms with van der Waals surface area (Å²) < 4.78 is 5.14. The van der Waals surface area contributed by atoms with Crippen molar-refractivity contribution in [2.24, 2.45) is 0 Å². The van der Waals surface area contributed by atoms with E-state index in [-0.39, 0.29) is 0 Å². The van der Waals surface area contributed by atoms with E-state index in [4.69, 9.17) is 10.5 Å². The highest BCUT2D eigenvalue weighted by molar-refractivity contribution is 5.69. The maximum absolute atomic E-state index is 5.90. The monoisotopic (exact) mass is 231 g/mol. The zero-order valence-corrected chi connectivity index (χ0v) is 10.4. The van der Waals surface area contributed by atoms with Crippen LogP contribution in [0.5, 0.6) is 5.75 Å². The number of H-pyrrole nitrogens is 1. The van der Waals surface area contributed by atoms with Gasteiger partial charge in [0.2, 0.25) is 0 Å². The topological polar surface area (TPSA) is 63.9 Å². The molecular weight excluding hydrogens is 214 g/mol. The van der Waals surface area contributed by atoms with Crippen LogP contribution in [0.3, 0.4) is 0 Å². The van der Waals surface area contributed by atoms with Gasteiger partial charge in [-0.25, -0.2) is 4.98 Å². The van der Waals surface area contributed by atoms with Crippen LogP contribution in [0.25, 0.3) is 11.3 Å². The largest absolute Gasteiger partial charge is 0.495 e. The van der Waals surface area contributed by atoms with E-state index in [2.05, 4.69) is 16.9 Å². The second-order valence-electron chi connectivity index (χ2n) is 3.97. The van der Waals surface area contributed by atoms with Crippen LogP contribution in [-0.4, -0.2) is 17.1 Å². The van der Waals surface area contributed by atoms with Crippen molar-refractivity contribution in [3.8, 4) is 17.0 Å². The number of methoxy groups -OCH3 is 1. The summed E-state index contributed by atoms with van der Waals surface area (Å²) in [4.78, 5) is 7.80. The Kier molecular flexibility index (Phi) is 3.04. The first kappa shape index (κ1) is 11.5. The maximum atomic E-state index is 5.90. The number of hydrogen-bond acceptors (Lipinski definition) is 3. The number of ether oxygens (including phenoxy) is 1. The molecule has 0 aliphatic carbocycles. The van der Waals surface area contributed by atoms with Gasteiger partial charge < -0.3 is 15.5 Å². The molecule has 1 heterocycles. The number of nitrogen functional groups attached to an aromatic ring is 1. The summed E-state index contributed by atoms with van der Waals surface area (Å²) in [5, 5.41) is 0. The molecule has 1 aromatic heterocycles. The summed E-state index contributed by atoms with van der Waals surface area (Å²) >= 11 is 0. The number of nitrogens with two attached hydrogens (primary N) is 1. The number of imidazole rings is 1. The number of aromatic amines is 1. The molecule has 0 aliphatic heterocycles. The Morgan fingerprint density at radius 2 is 2.18 bits per heavy atom. The van der Waals surface area contributed by atoms with E-state index < -0.39 is 0 Å². The molecule has 0 bridgehead atoms. The number of nitrogens with one attached hydrogen (secondary N) is 1. The van der Waals surface area contributed by atoms with Gasteiger partial charge in [-0.05, 0) is 25.1 Å². The van der Waals surface area contributed by atoms with Crippen LogP contribution in [0, 0.1) is 6.92 Å². The molecule has 0 amide bonds. The van der Waals surface area contributed by atoms with Crippen LogP contribution in [0.4, 0.5) is 5.69 Å². The summed E-state index contributed by atoms with van der Waals surface area (Å²) in [5.41, 5.74) is 9.55. The van der Waals surface area contributed by atoms with E-state index in [0.717, 1.165) is 29.2 Å². The summed E-state index contributed by atoms with van der Waals surface area (Å²) in [6, 6.07) is 5.73. The molecule has 4 heteroatoms. The Morgan fingerprint density at radius 1 is 1.41 bits per heavy atom. The van der Waals surface area contributed by atoms with Crippen molar-refractivity contribution in [1.29, 1.82) is 0 Å². The first-order valence-corrected chi connectivity index (χ1v) is 5.65. The molecule has 0 saturated carbocycles.